The predicted octanol–water partition coefficient (Wildman–Crippen LogP) is 1.80. The molecule has 1 aliphatic heterocycles. The van der Waals surface area contributed by atoms with E-state index < -0.39 is 0 Å². The zero-order chi connectivity index (χ0) is 13.0. The van der Waals surface area contributed by atoms with Crippen LogP contribution in [0.15, 0.2) is 24.3 Å². The van der Waals surface area contributed by atoms with Crippen molar-refractivity contribution < 1.29 is 9.53 Å². The minimum atomic E-state index is 0.152. The second-order valence-electron chi connectivity index (χ2n) is 4.65. The van der Waals surface area contributed by atoms with E-state index >= 15 is 0 Å². The highest BCUT2D eigenvalue weighted by Gasteiger charge is 2.20. The first-order chi connectivity index (χ1) is 8.70. The van der Waals surface area contributed by atoms with Crippen LogP contribution in [-0.2, 0) is 4.79 Å². The lowest BCUT2D eigenvalue weighted by Gasteiger charge is -2.19. The van der Waals surface area contributed by atoms with Gasteiger partial charge < -0.3 is 15.0 Å². The van der Waals surface area contributed by atoms with Crippen LogP contribution in [0.4, 0.5) is 5.69 Å². The van der Waals surface area contributed by atoms with Crippen molar-refractivity contribution in [3.8, 4) is 5.75 Å². The van der Waals surface area contributed by atoms with Crippen molar-refractivity contribution in [2.75, 3.05) is 25.6 Å². The zero-order valence-corrected chi connectivity index (χ0v) is 11.0. The molecule has 1 heterocycles. The molecule has 1 saturated heterocycles. The standard InChI is InChI=1S/C14H20N2O2/c1-16(12-5-7-13(18-2)8-6-12)14(17)10-11-4-3-9-15-11/h5-8,11,15H,3-4,9-10H2,1-2H3. The second-order valence-corrected chi connectivity index (χ2v) is 4.65. The van der Waals surface area contributed by atoms with Crippen molar-refractivity contribution in [1.29, 1.82) is 0 Å². The fourth-order valence-corrected chi connectivity index (χ4v) is 2.23. The molecule has 0 aromatic heterocycles. The van der Waals surface area contributed by atoms with Gasteiger partial charge in [0.2, 0.25) is 5.91 Å². The molecule has 0 aliphatic carbocycles. The normalized spacial score (nSPS) is 18.7. The van der Waals surface area contributed by atoms with Crippen molar-refractivity contribution in [3.63, 3.8) is 0 Å². The van der Waals surface area contributed by atoms with Crippen LogP contribution >= 0.6 is 0 Å². The van der Waals surface area contributed by atoms with Crippen LogP contribution in [0.25, 0.3) is 0 Å². The molecule has 1 fully saturated rings. The molecule has 1 aromatic carbocycles. The summed E-state index contributed by atoms with van der Waals surface area (Å²) in [7, 11) is 3.45. The Labute approximate surface area is 108 Å². The van der Waals surface area contributed by atoms with Crippen molar-refractivity contribution >= 4 is 11.6 Å². The van der Waals surface area contributed by atoms with Crippen LogP contribution in [0, 0.1) is 0 Å². The summed E-state index contributed by atoms with van der Waals surface area (Å²) in [5.74, 6) is 0.955. The van der Waals surface area contributed by atoms with Gasteiger partial charge in [-0.15, -0.1) is 0 Å². The van der Waals surface area contributed by atoms with Crippen molar-refractivity contribution in [1.82, 2.24) is 5.32 Å². The molecule has 0 spiro atoms. The molecular formula is C14H20N2O2. The van der Waals surface area contributed by atoms with Crippen LogP contribution in [0.2, 0.25) is 0 Å². The topological polar surface area (TPSA) is 41.6 Å². The van der Waals surface area contributed by atoms with Gasteiger partial charge in [0.05, 0.1) is 7.11 Å². The van der Waals surface area contributed by atoms with Gasteiger partial charge in [0, 0.05) is 25.2 Å². The molecule has 4 nitrogen and oxygen atoms in total. The Bertz CT molecular complexity index is 397. The van der Waals surface area contributed by atoms with E-state index in [1.807, 2.05) is 31.3 Å². The molecule has 98 valence electrons. The van der Waals surface area contributed by atoms with E-state index in [0.29, 0.717) is 12.5 Å². The van der Waals surface area contributed by atoms with Gasteiger partial charge in [-0.25, -0.2) is 0 Å². The molecule has 1 unspecified atom stereocenters. The van der Waals surface area contributed by atoms with Crippen LogP contribution in [0.5, 0.6) is 5.75 Å². The first-order valence-electron chi connectivity index (χ1n) is 6.34. The summed E-state index contributed by atoms with van der Waals surface area (Å²) in [6.45, 7) is 1.03. The number of nitrogens with zero attached hydrogens (tertiary/aromatic N) is 1. The minimum Gasteiger partial charge on any atom is -0.497 e. The van der Waals surface area contributed by atoms with Gasteiger partial charge >= 0.3 is 0 Å². The summed E-state index contributed by atoms with van der Waals surface area (Å²) in [6.07, 6.45) is 2.84. The maximum Gasteiger partial charge on any atom is 0.228 e. The Balaban J connectivity index is 1.95. The van der Waals surface area contributed by atoms with Gasteiger partial charge in [-0.05, 0) is 43.7 Å². The van der Waals surface area contributed by atoms with E-state index in [1.54, 1.807) is 12.0 Å². The molecule has 18 heavy (non-hydrogen) atoms. The summed E-state index contributed by atoms with van der Waals surface area (Å²) >= 11 is 0. The number of methoxy groups -OCH3 is 1. The summed E-state index contributed by atoms with van der Waals surface area (Å²) in [5, 5.41) is 3.34. The number of nitrogens with one attached hydrogen (secondary N) is 1. The van der Waals surface area contributed by atoms with Gasteiger partial charge in [0.15, 0.2) is 0 Å². The van der Waals surface area contributed by atoms with Crippen LogP contribution in [0.3, 0.4) is 0 Å². The number of hydrogen-bond acceptors (Lipinski definition) is 3. The largest absolute Gasteiger partial charge is 0.497 e. The van der Waals surface area contributed by atoms with Crippen molar-refractivity contribution in [3.05, 3.63) is 24.3 Å². The fraction of sp³-hybridized carbons (Fsp3) is 0.500. The smallest absolute Gasteiger partial charge is 0.228 e. The molecule has 1 amide bonds. The molecule has 2 rings (SSSR count). The number of amides is 1. The number of carbonyl (C=O) groups is 1. The Hall–Kier alpha value is -1.55. The third-order valence-electron chi connectivity index (χ3n) is 3.42. The number of hydrogen-bond donors (Lipinski definition) is 1. The molecule has 1 N–H and O–H groups in total. The predicted molar refractivity (Wildman–Crippen MR) is 72.0 cm³/mol. The number of benzene rings is 1. The van der Waals surface area contributed by atoms with Gasteiger partial charge in [0.25, 0.3) is 0 Å². The third kappa shape index (κ3) is 3.01. The molecule has 0 bridgehead atoms. The monoisotopic (exact) mass is 248 g/mol. The van der Waals surface area contributed by atoms with E-state index in [9.17, 15) is 4.79 Å². The first-order valence-corrected chi connectivity index (χ1v) is 6.34. The van der Waals surface area contributed by atoms with E-state index in [0.717, 1.165) is 24.4 Å². The SMILES string of the molecule is COc1ccc(N(C)C(=O)CC2CCCN2)cc1. The van der Waals surface area contributed by atoms with Gasteiger partial charge in [-0.3, -0.25) is 4.79 Å². The van der Waals surface area contributed by atoms with E-state index in [-0.39, 0.29) is 5.91 Å². The average molecular weight is 248 g/mol. The molecule has 1 atom stereocenters. The van der Waals surface area contributed by atoms with E-state index in [2.05, 4.69) is 5.32 Å². The molecular weight excluding hydrogens is 228 g/mol. The number of anilines is 1. The quantitative estimate of drug-likeness (QED) is 0.883. The highest BCUT2D eigenvalue weighted by molar-refractivity contribution is 5.93. The molecule has 1 aliphatic rings. The molecule has 0 saturated carbocycles. The summed E-state index contributed by atoms with van der Waals surface area (Å²) < 4.78 is 5.10. The summed E-state index contributed by atoms with van der Waals surface area (Å²) in [5.41, 5.74) is 0.902. The van der Waals surface area contributed by atoms with Gasteiger partial charge in [-0.2, -0.15) is 0 Å². The summed E-state index contributed by atoms with van der Waals surface area (Å²) in [6, 6.07) is 7.88. The number of ether oxygens (including phenoxy) is 1. The lowest BCUT2D eigenvalue weighted by molar-refractivity contribution is -0.118. The van der Waals surface area contributed by atoms with Crippen LogP contribution in [-0.4, -0.2) is 32.7 Å². The highest BCUT2D eigenvalue weighted by Crippen LogP contribution is 2.19. The Kier molecular flexibility index (Phi) is 4.20. The maximum atomic E-state index is 12.1. The van der Waals surface area contributed by atoms with Gasteiger partial charge in [0.1, 0.15) is 5.75 Å². The average Bonchev–Trinajstić information content (AvgIpc) is 2.91. The maximum absolute atomic E-state index is 12.1. The Morgan fingerprint density at radius 1 is 1.44 bits per heavy atom. The van der Waals surface area contributed by atoms with Crippen LogP contribution < -0.4 is 15.0 Å². The van der Waals surface area contributed by atoms with Crippen molar-refractivity contribution in [2.24, 2.45) is 0 Å². The number of carbonyl (C=O) groups excluding carboxylic acids is 1. The van der Waals surface area contributed by atoms with Crippen LogP contribution in [0.1, 0.15) is 19.3 Å². The minimum absolute atomic E-state index is 0.152. The Morgan fingerprint density at radius 2 is 2.17 bits per heavy atom. The van der Waals surface area contributed by atoms with E-state index in [4.69, 9.17) is 4.74 Å². The highest BCUT2D eigenvalue weighted by atomic mass is 16.5. The third-order valence-corrected chi connectivity index (χ3v) is 3.42. The Morgan fingerprint density at radius 3 is 2.72 bits per heavy atom. The van der Waals surface area contributed by atoms with E-state index in [1.165, 1.54) is 6.42 Å². The lowest BCUT2D eigenvalue weighted by atomic mass is 10.1. The first kappa shape index (κ1) is 12.9. The molecule has 0 radical (unpaired) electrons. The summed E-state index contributed by atoms with van der Waals surface area (Å²) in [4.78, 5) is 13.8. The lowest BCUT2D eigenvalue weighted by Crippen LogP contribution is -2.33. The molecule has 4 heteroatoms. The van der Waals surface area contributed by atoms with Crippen molar-refractivity contribution in [2.45, 2.75) is 25.3 Å². The fourth-order valence-electron chi connectivity index (χ4n) is 2.23. The van der Waals surface area contributed by atoms with Gasteiger partial charge in [-0.1, -0.05) is 0 Å². The molecule has 1 aromatic rings. The zero-order valence-electron chi connectivity index (χ0n) is 11.0. The second kappa shape index (κ2) is 5.87. The number of rotatable bonds is 4.